The van der Waals surface area contributed by atoms with Gasteiger partial charge in [0.05, 0.1) is 17.3 Å². The molecule has 4 rings (SSSR count). The maximum Gasteiger partial charge on any atom is 0.419 e. The van der Waals surface area contributed by atoms with Gasteiger partial charge in [0, 0.05) is 19.3 Å². The van der Waals surface area contributed by atoms with Crippen LogP contribution >= 0.6 is 0 Å². The van der Waals surface area contributed by atoms with Crippen LogP contribution in [0.2, 0.25) is 0 Å². The van der Waals surface area contributed by atoms with Crippen molar-refractivity contribution in [1.82, 2.24) is 14.5 Å². The van der Waals surface area contributed by atoms with Gasteiger partial charge < -0.3 is 14.4 Å². The number of aromatic nitrogens is 2. The Morgan fingerprint density at radius 1 is 1.12 bits per heavy atom. The van der Waals surface area contributed by atoms with E-state index in [1.807, 2.05) is 42.5 Å². The lowest BCUT2D eigenvalue weighted by molar-refractivity contribution is 0.0551. The van der Waals surface area contributed by atoms with E-state index < -0.39 is 6.10 Å². The predicted molar refractivity (Wildman–Crippen MR) is 98.8 cm³/mol. The number of aliphatic hydroxyl groups is 1. The lowest BCUT2D eigenvalue weighted by Gasteiger charge is -2.34. The van der Waals surface area contributed by atoms with Crippen LogP contribution < -0.4 is 5.76 Å². The number of hydrogen-bond donors (Lipinski definition) is 1. The number of hydrogen-bond acceptors (Lipinski definition) is 5. The van der Waals surface area contributed by atoms with E-state index in [0.29, 0.717) is 12.1 Å². The number of fused-ring (bicyclic) bond motifs is 1. The first kappa shape index (κ1) is 17.0. The third-order valence-corrected chi connectivity index (χ3v) is 5.28. The standard InChI is InChI=1S/C20H23N3O3/c24-19(16-5-3-4-10-21-16)15-8-11-22(12-9-15)13-14-23-17-6-1-2-7-18(17)26-20(23)25/h1-7,10,15,19,24H,8-9,11-14H2/t19-/m1/s1. The van der Waals surface area contributed by atoms with Crippen LogP contribution in [0.1, 0.15) is 24.6 Å². The molecule has 0 spiro atoms. The quantitative estimate of drug-likeness (QED) is 0.763. The Hall–Kier alpha value is -2.44. The average Bonchev–Trinajstić information content (AvgIpc) is 3.02. The normalized spacial score (nSPS) is 17.6. The van der Waals surface area contributed by atoms with Crippen LogP contribution in [-0.4, -0.2) is 39.2 Å². The van der Waals surface area contributed by atoms with Crippen molar-refractivity contribution < 1.29 is 9.52 Å². The fourth-order valence-corrected chi connectivity index (χ4v) is 3.75. The van der Waals surface area contributed by atoms with Gasteiger partial charge in [-0.15, -0.1) is 0 Å². The molecule has 1 N–H and O–H groups in total. The molecule has 1 saturated heterocycles. The molecule has 1 fully saturated rings. The topological polar surface area (TPSA) is 71.5 Å². The first-order valence-electron chi connectivity index (χ1n) is 9.12. The van der Waals surface area contributed by atoms with E-state index >= 15 is 0 Å². The van der Waals surface area contributed by atoms with Gasteiger partial charge in [-0.3, -0.25) is 9.55 Å². The highest BCUT2D eigenvalue weighted by Crippen LogP contribution is 2.29. The third-order valence-electron chi connectivity index (χ3n) is 5.28. The number of likely N-dealkylation sites (tertiary alicyclic amines) is 1. The second-order valence-corrected chi connectivity index (χ2v) is 6.87. The van der Waals surface area contributed by atoms with E-state index in [2.05, 4.69) is 9.88 Å². The van der Waals surface area contributed by atoms with Crippen molar-refractivity contribution in [3.63, 3.8) is 0 Å². The first-order valence-corrected chi connectivity index (χ1v) is 9.12. The molecule has 0 amide bonds. The minimum Gasteiger partial charge on any atom is -0.408 e. The highest BCUT2D eigenvalue weighted by atomic mass is 16.4. The second-order valence-electron chi connectivity index (χ2n) is 6.87. The molecule has 3 heterocycles. The summed E-state index contributed by atoms with van der Waals surface area (Å²) in [6, 6.07) is 13.2. The van der Waals surface area contributed by atoms with Crippen molar-refractivity contribution in [3.8, 4) is 0 Å². The number of para-hydroxylation sites is 2. The Morgan fingerprint density at radius 3 is 2.65 bits per heavy atom. The maximum absolute atomic E-state index is 12.0. The van der Waals surface area contributed by atoms with Crippen molar-refractivity contribution in [2.45, 2.75) is 25.5 Å². The highest BCUT2D eigenvalue weighted by molar-refractivity contribution is 5.72. The number of benzene rings is 1. The molecule has 1 aliphatic rings. The summed E-state index contributed by atoms with van der Waals surface area (Å²) in [5.74, 6) is -0.0645. The molecule has 0 aliphatic carbocycles. The summed E-state index contributed by atoms with van der Waals surface area (Å²) in [5, 5.41) is 10.5. The zero-order chi connectivity index (χ0) is 17.9. The second kappa shape index (κ2) is 7.43. The molecule has 1 aliphatic heterocycles. The summed E-state index contributed by atoms with van der Waals surface area (Å²) in [4.78, 5) is 18.7. The molecule has 2 aromatic heterocycles. The van der Waals surface area contributed by atoms with Gasteiger partial charge in [0.1, 0.15) is 0 Å². The molecule has 0 bridgehead atoms. The Labute approximate surface area is 151 Å². The molecule has 136 valence electrons. The van der Waals surface area contributed by atoms with Gasteiger partial charge in [-0.1, -0.05) is 18.2 Å². The third kappa shape index (κ3) is 3.43. The molecule has 6 heteroatoms. The van der Waals surface area contributed by atoms with E-state index in [9.17, 15) is 9.90 Å². The van der Waals surface area contributed by atoms with Gasteiger partial charge in [0.25, 0.3) is 0 Å². The number of oxazole rings is 1. The number of aliphatic hydroxyl groups excluding tert-OH is 1. The van der Waals surface area contributed by atoms with Crippen LogP contribution in [0.4, 0.5) is 0 Å². The number of pyridine rings is 1. The molecule has 0 unspecified atom stereocenters. The molecular weight excluding hydrogens is 330 g/mol. The summed E-state index contributed by atoms with van der Waals surface area (Å²) in [6.07, 6.45) is 3.08. The Morgan fingerprint density at radius 2 is 1.88 bits per heavy atom. The van der Waals surface area contributed by atoms with E-state index in [1.165, 1.54) is 0 Å². The van der Waals surface area contributed by atoms with Crippen LogP contribution in [-0.2, 0) is 6.54 Å². The number of rotatable bonds is 5. The lowest BCUT2D eigenvalue weighted by Crippen LogP contribution is -2.38. The summed E-state index contributed by atoms with van der Waals surface area (Å²) in [5.41, 5.74) is 2.23. The van der Waals surface area contributed by atoms with Crippen molar-refractivity contribution in [2.24, 2.45) is 5.92 Å². The summed E-state index contributed by atoms with van der Waals surface area (Å²) < 4.78 is 6.98. The molecule has 1 aromatic carbocycles. The van der Waals surface area contributed by atoms with Gasteiger partial charge >= 0.3 is 5.76 Å². The van der Waals surface area contributed by atoms with Gasteiger partial charge in [0.2, 0.25) is 0 Å². The molecule has 26 heavy (non-hydrogen) atoms. The molecule has 1 atom stereocenters. The zero-order valence-electron chi connectivity index (χ0n) is 14.6. The largest absolute Gasteiger partial charge is 0.419 e. The fourth-order valence-electron chi connectivity index (χ4n) is 3.75. The van der Waals surface area contributed by atoms with Gasteiger partial charge in [0.15, 0.2) is 5.58 Å². The van der Waals surface area contributed by atoms with Crippen molar-refractivity contribution >= 4 is 11.1 Å². The zero-order valence-corrected chi connectivity index (χ0v) is 14.6. The van der Waals surface area contributed by atoms with Crippen molar-refractivity contribution in [3.05, 3.63) is 64.9 Å². The van der Waals surface area contributed by atoms with E-state index in [4.69, 9.17) is 4.42 Å². The Bertz CT molecular complexity index is 911. The van der Waals surface area contributed by atoms with Gasteiger partial charge in [-0.2, -0.15) is 0 Å². The first-order chi connectivity index (χ1) is 12.7. The average molecular weight is 353 g/mol. The van der Waals surface area contributed by atoms with E-state index in [0.717, 1.165) is 43.7 Å². The van der Waals surface area contributed by atoms with E-state index in [1.54, 1.807) is 10.8 Å². The van der Waals surface area contributed by atoms with Crippen LogP contribution in [0.15, 0.2) is 57.9 Å². The summed E-state index contributed by atoms with van der Waals surface area (Å²) in [6.45, 7) is 3.25. The predicted octanol–water partition coefficient (Wildman–Crippen LogP) is 2.44. The smallest absolute Gasteiger partial charge is 0.408 e. The molecule has 6 nitrogen and oxygen atoms in total. The van der Waals surface area contributed by atoms with Gasteiger partial charge in [-0.05, 0) is 56.1 Å². The molecule has 0 radical (unpaired) electrons. The number of piperidine rings is 1. The Balaban J connectivity index is 1.34. The van der Waals surface area contributed by atoms with Gasteiger partial charge in [-0.25, -0.2) is 4.79 Å². The lowest BCUT2D eigenvalue weighted by atomic mass is 9.89. The summed E-state index contributed by atoms with van der Waals surface area (Å²) >= 11 is 0. The monoisotopic (exact) mass is 353 g/mol. The molecular formula is C20H23N3O3. The SMILES string of the molecule is O=c1oc2ccccc2n1CCN1CCC([C@@H](O)c2ccccn2)CC1. The summed E-state index contributed by atoms with van der Waals surface area (Å²) in [7, 11) is 0. The van der Waals surface area contributed by atoms with Crippen molar-refractivity contribution in [2.75, 3.05) is 19.6 Å². The van der Waals surface area contributed by atoms with Crippen LogP contribution in [0.5, 0.6) is 0 Å². The minimum atomic E-state index is -0.501. The molecule has 0 saturated carbocycles. The number of nitrogens with zero attached hydrogens (tertiary/aromatic N) is 3. The van der Waals surface area contributed by atoms with Crippen LogP contribution in [0, 0.1) is 5.92 Å². The van der Waals surface area contributed by atoms with Crippen LogP contribution in [0.3, 0.4) is 0 Å². The minimum absolute atomic E-state index is 0.235. The Kier molecular flexibility index (Phi) is 4.86. The van der Waals surface area contributed by atoms with Crippen molar-refractivity contribution in [1.29, 1.82) is 0 Å². The van der Waals surface area contributed by atoms with Crippen LogP contribution in [0.25, 0.3) is 11.1 Å². The maximum atomic E-state index is 12.0. The fraction of sp³-hybridized carbons (Fsp3) is 0.400. The van der Waals surface area contributed by atoms with E-state index in [-0.39, 0.29) is 11.7 Å². The molecule has 3 aromatic rings. The highest BCUT2D eigenvalue weighted by Gasteiger charge is 2.26.